The minimum atomic E-state index is -3.64. The van der Waals surface area contributed by atoms with Crippen molar-refractivity contribution in [2.75, 3.05) is 14.2 Å². The van der Waals surface area contributed by atoms with Crippen molar-refractivity contribution in [2.45, 2.75) is 11.4 Å². The summed E-state index contributed by atoms with van der Waals surface area (Å²) >= 11 is 5.87. The first-order valence-electron chi connectivity index (χ1n) is 7.68. The summed E-state index contributed by atoms with van der Waals surface area (Å²) in [4.78, 5) is 0.186. The fraction of sp³-hybridized carbons (Fsp3) is 0.176. The van der Waals surface area contributed by atoms with E-state index in [1.54, 1.807) is 47.3 Å². The molecule has 0 aliphatic heterocycles. The Morgan fingerprint density at radius 1 is 1.12 bits per heavy atom. The van der Waals surface area contributed by atoms with Gasteiger partial charge in [-0.1, -0.05) is 16.8 Å². The van der Waals surface area contributed by atoms with Crippen LogP contribution in [0.3, 0.4) is 0 Å². The van der Waals surface area contributed by atoms with Crippen molar-refractivity contribution in [1.29, 1.82) is 0 Å². The molecule has 136 valence electrons. The molecule has 0 N–H and O–H groups in total. The van der Waals surface area contributed by atoms with Gasteiger partial charge < -0.3 is 4.74 Å². The van der Waals surface area contributed by atoms with Crippen LogP contribution in [0.4, 0.5) is 0 Å². The third-order valence-electron chi connectivity index (χ3n) is 3.78. The van der Waals surface area contributed by atoms with E-state index in [9.17, 15) is 8.42 Å². The van der Waals surface area contributed by atoms with Crippen LogP contribution in [0, 0.1) is 0 Å². The quantitative estimate of drug-likeness (QED) is 0.644. The normalized spacial score (nSPS) is 11.7. The van der Waals surface area contributed by atoms with Gasteiger partial charge in [0.15, 0.2) is 0 Å². The molecule has 2 aromatic carbocycles. The Labute approximate surface area is 156 Å². The number of hydrogen-bond acceptors (Lipinski definition) is 5. The summed E-state index contributed by atoms with van der Waals surface area (Å²) in [6, 6.07) is 13.3. The van der Waals surface area contributed by atoms with Gasteiger partial charge >= 0.3 is 0 Å². The predicted molar refractivity (Wildman–Crippen MR) is 98.0 cm³/mol. The van der Waals surface area contributed by atoms with Crippen LogP contribution in [0.15, 0.2) is 59.6 Å². The first-order chi connectivity index (χ1) is 12.4. The van der Waals surface area contributed by atoms with Gasteiger partial charge in [0.2, 0.25) is 10.0 Å². The fourth-order valence-electron chi connectivity index (χ4n) is 2.33. The molecule has 0 saturated heterocycles. The molecule has 0 unspecified atom stereocenters. The third kappa shape index (κ3) is 3.87. The number of halogens is 1. The average molecular weight is 393 g/mol. The first-order valence-corrected chi connectivity index (χ1v) is 9.49. The number of ether oxygens (including phenoxy) is 1. The van der Waals surface area contributed by atoms with Gasteiger partial charge in [-0.25, -0.2) is 13.1 Å². The molecule has 3 rings (SSSR count). The van der Waals surface area contributed by atoms with Crippen molar-refractivity contribution in [3.63, 3.8) is 0 Å². The number of hydrogen-bond donors (Lipinski definition) is 0. The van der Waals surface area contributed by atoms with Gasteiger partial charge in [0.05, 0.1) is 36.1 Å². The van der Waals surface area contributed by atoms with E-state index in [1.165, 1.54) is 30.6 Å². The van der Waals surface area contributed by atoms with Gasteiger partial charge in [0.25, 0.3) is 0 Å². The Morgan fingerprint density at radius 2 is 1.77 bits per heavy atom. The summed E-state index contributed by atoms with van der Waals surface area (Å²) < 4.78 is 33.2. The van der Waals surface area contributed by atoms with E-state index in [0.29, 0.717) is 16.5 Å². The monoisotopic (exact) mass is 392 g/mol. The lowest BCUT2D eigenvalue weighted by Crippen LogP contribution is -2.26. The van der Waals surface area contributed by atoms with Crippen molar-refractivity contribution >= 4 is 21.6 Å². The van der Waals surface area contributed by atoms with Gasteiger partial charge in [0, 0.05) is 12.1 Å². The highest BCUT2D eigenvalue weighted by atomic mass is 35.5. The lowest BCUT2D eigenvalue weighted by molar-refractivity contribution is 0.414. The smallest absolute Gasteiger partial charge is 0.243 e. The van der Waals surface area contributed by atoms with Crippen LogP contribution in [0.5, 0.6) is 5.75 Å². The van der Waals surface area contributed by atoms with Crippen LogP contribution < -0.4 is 4.74 Å². The highest BCUT2D eigenvalue weighted by molar-refractivity contribution is 7.89. The molecule has 0 amide bonds. The molecule has 0 aliphatic rings. The number of benzene rings is 2. The third-order valence-corrected chi connectivity index (χ3v) is 5.85. The Balaban J connectivity index is 1.76. The van der Waals surface area contributed by atoms with Gasteiger partial charge in [0.1, 0.15) is 5.75 Å². The lowest BCUT2D eigenvalue weighted by atomic mass is 10.3. The minimum absolute atomic E-state index is 0.0992. The zero-order chi connectivity index (χ0) is 18.7. The van der Waals surface area contributed by atoms with Gasteiger partial charge in [-0.3, -0.25) is 0 Å². The van der Waals surface area contributed by atoms with E-state index in [2.05, 4.69) is 10.3 Å². The Morgan fingerprint density at radius 3 is 2.38 bits per heavy atom. The van der Waals surface area contributed by atoms with Gasteiger partial charge in [-0.15, -0.1) is 5.10 Å². The summed E-state index contributed by atoms with van der Waals surface area (Å²) in [5.74, 6) is 0.595. The highest BCUT2D eigenvalue weighted by Crippen LogP contribution is 2.20. The van der Waals surface area contributed by atoms with Crippen LogP contribution in [0.2, 0.25) is 5.02 Å². The van der Waals surface area contributed by atoms with Crippen LogP contribution in [0.1, 0.15) is 5.69 Å². The SMILES string of the molecule is COc1ccc(S(=O)(=O)N(C)Cc2cn(-c3ccc(Cl)cc3)nn2)cc1. The average Bonchev–Trinajstić information content (AvgIpc) is 3.10. The molecule has 26 heavy (non-hydrogen) atoms. The highest BCUT2D eigenvalue weighted by Gasteiger charge is 2.22. The second kappa shape index (κ2) is 7.45. The number of nitrogens with zero attached hydrogens (tertiary/aromatic N) is 4. The topological polar surface area (TPSA) is 77.3 Å². The van der Waals surface area contributed by atoms with E-state index in [4.69, 9.17) is 16.3 Å². The van der Waals surface area contributed by atoms with Crippen molar-refractivity contribution in [1.82, 2.24) is 19.3 Å². The van der Waals surface area contributed by atoms with Crippen molar-refractivity contribution in [3.8, 4) is 11.4 Å². The van der Waals surface area contributed by atoms with Gasteiger partial charge in [-0.05, 0) is 48.5 Å². The number of sulfonamides is 1. The molecule has 0 bridgehead atoms. The van der Waals surface area contributed by atoms with E-state index in [1.807, 2.05) is 0 Å². The van der Waals surface area contributed by atoms with Crippen molar-refractivity contribution in [2.24, 2.45) is 0 Å². The maximum atomic E-state index is 12.7. The standard InChI is InChI=1S/C17H17ClN4O3S/c1-21(26(23,24)17-9-7-16(25-2)8-10-17)11-14-12-22(20-19-14)15-5-3-13(18)4-6-15/h3-10,12H,11H2,1-2H3. The summed E-state index contributed by atoms with van der Waals surface area (Å²) in [7, 11) is -0.612. The van der Waals surface area contributed by atoms with Crippen LogP contribution >= 0.6 is 11.6 Å². The Hall–Kier alpha value is -2.42. The first kappa shape index (κ1) is 18.4. The molecule has 0 aliphatic carbocycles. The number of rotatable bonds is 6. The molecule has 3 aromatic rings. The minimum Gasteiger partial charge on any atom is -0.497 e. The fourth-order valence-corrected chi connectivity index (χ4v) is 3.60. The van der Waals surface area contributed by atoms with E-state index in [-0.39, 0.29) is 11.4 Å². The maximum Gasteiger partial charge on any atom is 0.243 e. The maximum absolute atomic E-state index is 12.7. The molecule has 0 atom stereocenters. The molecule has 0 spiro atoms. The number of aromatic nitrogens is 3. The van der Waals surface area contributed by atoms with Gasteiger partial charge in [-0.2, -0.15) is 4.31 Å². The van der Waals surface area contributed by atoms with E-state index < -0.39 is 10.0 Å². The molecule has 0 saturated carbocycles. The van der Waals surface area contributed by atoms with Crippen LogP contribution in [0.25, 0.3) is 5.69 Å². The second-order valence-corrected chi connectivity index (χ2v) is 8.05. The molecule has 1 aromatic heterocycles. The molecule has 0 fully saturated rings. The summed E-state index contributed by atoms with van der Waals surface area (Å²) in [5, 5.41) is 8.70. The lowest BCUT2D eigenvalue weighted by Gasteiger charge is -2.16. The summed E-state index contributed by atoms with van der Waals surface area (Å²) in [6.07, 6.45) is 1.68. The predicted octanol–water partition coefficient (Wildman–Crippen LogP) is 2.75. The van der Waals surface area contributed by atoms with E-state index in [0.717, 1.165) is 5.69 Å². The zero-order valence-electron chi connectivity index (χ0n) is 14.2. The number of methoxy groups -OCH3 is 1. The summed E-state index contributed by atoms with van der Waals surface area (Å²) in [5.41, 5.74) is 1.31. The molecule has 1 heterocycles. The Bertz CT molecular complexity index is 986. The largest absolute Gasteiger partial charge is 0.497 e. The molecule has 0 radical (unpaired) electrons. The Kier molecular flexibility index (Phi) is 5.26. The van der Waals surface area contributed by atoms with Crippen molar-refractivity contribution in [3.05, 3.63) is 65.4 Å². The zero-order valence-corrected chi connectivity index (χ0v) is 15.8. The van der Waals surface area contributed by atoms with Crippen molar-refractivity contribution < 1.29 is 13.2 Å². The van der Waals surface area contributed by atoms with Crippen LogP contribution in [-0.2, 0) is 16.6 Å². The second-order valence-electron chi connectivity index (χ2n) is 5.57. The molecular weight excluding hydrogens is 376 g/mol. The van der Waals surface area contributed by atoms with E-state index >= 15 is 0 Å². The molecule has 7 nitrogen and oxygen atoms in total. The summed E-state index contributed by atoms with van der Waals surface area (Å²) in [6.45, 7) is 0.0992. The van der Waals surface area contributed by atoms with Crippen LogP contribution in [-0.4, -0.2) is 41.9 Å². The molecular formula is C17H17ClN4O3S. The molecule has 9 heteroatoms.